The molecular weight excluding hydrogens is 250 g/mol. The molecule has 0 bridgehead atoms. The molecule has 2 N–H and O–H groups in total. The lowest BCUT2D eigenvalue weighted by Crippen LogP contribution is -2.26. The maximum absolute atomic E-state index is 6.03. The van der Waals surface area contributed by atoms with Crippen molar-refractivity contribution in [3.05, 3.63) is 10.8 Å². The minimum atomic E-state index is 0.316. The largest absolute Gasteiger partial charge is 0.377 e. The van der Waals surface area contributed by atoms with Gasteiger partial charge in [0.05, 0.1) is 0 Å². The van der Waals surface area contributed by atoms with Crippen LogP contribution in [0.2, 0.25) is 0 Å². The number of rotatable bonds is 3. The van der Waals surface area contributed by atoms with E-state index in [1.54, 1.807) is 23.0 Å². The van der Waals surface area contributed by atoms with E-state index in [1.165, 1.54) is 12.8 Å². The molecule has 0 radical (unpaired) electrons. The van der Waals surface area contributed by atoms with Crippen molar-refractivity contribution in [1.82, 2.24) is 19.8 Å². The van der Waals surface area contributed by atoms with Gasteiger partial charge in [-0.1, -0.05) is 17.8 Å². The van der Waals surface area contributed by atoms with E-state index in [9.17, 15) is 0 Å². The normalized spacial score (nSPS) is 24.8. The molecule has 2 aromatic rings. The second kappa shape index (κ2) is 4.91. The molecule has 0 aliphatic heterocycles. The van der Waals surface area contributed by atoms with Crippen LogP contribution in [0, 0.1) is 0 Å². The van der Waals surface area contributed by atoms with Crippen molar-refractivity contribution in [2.75, 3.05) is 7.11 Å². The summed E-state index contributed by atoms with van der Waals surface area (Å²) in [4.78, 5) is 0.844. The Balaban J connectivity index is 1.88. The van der Waals surface area contributed by atoms with Gasteiger partial charge in [-0.2, -0.15) is 9.61 Å². The van der Waals surface area contributed by atoms with Gasteiger partial charge in [0.25, 0.3) is 0 Å². The van der Waals surface area contributed by atoms with Crippen molar-refractivity contribution in [1.29, 1.82) is 0 Å². The first-order valence-electron chi connectivity index (χ1n) is 6.23. The van der Waals surface area contributed by atoms with Crippen LogP contribution in [-0.4, -0.2) is 33.0 Å². The molecule has 0 amide bonds. The molecule has 1 fully saturated rings. The quantitative estimate of drug-likeness (QED) is 0.907. The number of nitrogens with two attached hydrogens (primary N) is 1. The van der Waals surface area contributed by atoms with Crippen LogP contribution in [-0.2, 0) is 11.3 Å². The highest BCUT2D eigenvalue weighted by Gasteiger charge is 2.24. The van der Waals surface area contributed by atoms with Crippen LogP contribution in [0.5, 0.6) is 0 Å². The van der Waals surface area contributed by atoms with E-state index < -0.39 is 0 Å². The fourth-order valence-corrected chi connectivity index (χ4v) is 3.51. The first kappa shape index (κ1) is 12.0. The molecule has 2 heterocycles. The van der Waals surface area contributed by atoms with Crippen LogP contribution in [0.4, 0.5) is 0 Å². The Morgan fingerprint density at radius 1 is 1.44 bits per heavy atom. The van der Waals surface area contributed by atoms with Gasteiger partial charge in [0.15, 0.2) is 5.82 Å². The SMILES string of the molecule is COCc1nnc2sc(C3CCCC(N)C3)nn12. The van der Waals surface area contributed by atoms with Crippen LogP contribution in [0.3, 0.4) is 0 Å². The van der Waals surface area contributed by atoms with E-state index in [0.717, 1.165) is 28.6 Å². The number of aromatic nitrogens is 4. The number of ether oxygens (including phenoxy) is 1. The lowest BCUT2D eigenvalue weighted by Gasteiger charge is -2.24. The molecule has 7 heteroatoms. The maximum Gasteiger partial charge on any atom is 0.234 e. The summed E-state index contributed by atoms with van der Waals surface area (Å²) in [6.07, 6.45) is 4.54. The summed E-state index contributed by atoms with van der Waals surface area (Å²) in [5.41, 5.74) is 6.03. The van der Waals surface area contributed by atoms with Gasteiger partial charge in [0.2, 0.25) is 4.96 Å². The van der Waals surface area contributed by atoms with E-state index in [-0.39, 0.29) is 0 Å². The molecule has 0 aromatic carbocycles. The number of fused-ring (bicyclic) bond motifs is 1. The summed E-state index contributed by atoms with van der Waals surface area (Å²) in [6.45, 7) is 0.439. The van der Waals surface area contributed by atoms with Crippen molar-refractivity contribution in [2.24, 2.45) is 5.73 Å². The first-order chi connectivity index (χ1) is 8.78. The van der Waals surface area contributed by atoms with Crippen LogP contribution in [0.1, 0.15) is 42.4 Å². The van der Waals surface area contributed by atoms with Crippen molar-refractivity contribution in [2.45, 2.75) is 44.2 Å². The highest BCUT2D eigenvalue weighted by molar-refractivity contribution is 7.16. The zero-order valence-corrected chi connectivity index (χ0v) is 11.2. The minimum Gasteiger partial charge on any atom is -0.377 e. The molecule has 0 saturated heterocycles. The molecule has 2 atom stereocenters. The standard InChI is InChI=1S/C11H17N5OS/c1-17-6-9-13-14-11-16(9)15-10(18-11)7-3-2-4-8(12)5-7/h7-8H,2-6,12H2,1H3. The van der Waals surface area contributed by atoms with Crippen molar-refractivity contribution in [3.8, 4) is 0 Å². The average molecular weight is 267 g/mol. The van der Waals surface area contributed by atoms with Crippen molar-refractivity contribution in [3.63, 3.8) is 0 Å². The average Bonchev–Trinajstić information content (AvgIpc) is 2.92. The molecule has 18 heavy (non-hydrogen) atoms. The summed E-state index contributed by atoms with van der Waals surface area (Å²) < 4.78 is 6.88. The second-order valence-electron chi connectivity index (χ2n) is 4.81. The third kappa shape index (κ3) is 2.13. The highest BCUT2D eigenvalue weighted by atomic mass is 32.1. The number of hydrogen-bond donors (Lipinski definition) is 1. The Morgan fingerprint density at radius 3 is 3.11 bits per heavy atom. The molecule has 1 saturated carbocycles. The topological polar surface area (TPSA) is 78.3 Å². The summed E-state index contributed by atoms with van der Waals surface area (Å²) in [6, 6.07) is 0.316. The maximum atomic E-state index is 6.03. The molecule has 98 valence electrons. The molecule has 3 rings (SSSR count). The van der Waals surface area contributed by atoms with Gasteiger partial charge in [-0.15, -0.1) is 10.2 Å². The number of methoxy groups -OCH3 is 1. The van der Waals surface area contributed by atoms with Crippen molar-refractivity contribution < 1.29 is 4.74 Å². The predicted octanol–water partition coefficient (Wildman–Crippen LogP) is 1.32. The Labute approximate surface area is 109 Å². The van der Waals surface area contributed by atoms with E-state index >= 15 is 0 Å². The second-order valence-corrected chi connectivity index (χ2v) is 5.80. The van der Waals surface area contributed by atoms with Gasteiger partial charge in [-0.3, -0.25) is 0 Å². The van der Waals surface area contributed by atoms with Crippen LogP contribution < -0.4 is 5.73 Å². The van der Waals surface area contributed by atoms with Gasteiger partial charge in [0, 0.05) is 19.1 Å². The zero-order chi connectivity index (χ0) is 12.5. The van der Waals surface area contributed by atoms with Crippen LogP contribution in [0.15, 0.2) is 0 Å². The van der Waals surface area contributed by atoms with E-state index in [1.807, 2.05) is 0 Å². The molecule has 6 nitrogen and oxygen atoms in total. The molecule has 1 aliphatic carbocycles. The molecule has 2 aromatic heterocycles. The summed E-state index contributed by atoms with van der Waals surface area (Å²) >= 11 is 1.62. The van der Waals surface area contributed by atoms with Gasteiger partial charge in [-0.25, -0.2) is 0 Å². The summed E-state index contributed by atoms with van der Waals surface area (Å²) in [7, 11) is 1.65. The molecule has 0 spiro atoms. The molecular formula is C11H17N5OS. The van der Waals surface area contributed by atoms with Gasteiger partial charge in [0.1, 0.15) is 11.6 Å². The fourth-order valence-electron chi connectivity index (χ4n) is 2.51. The first-order valence-corrected chi connectivity index (χ1v) is 7.05. The highest BCUT2D eigenvalue weighted by Crippen LogP contribution is 2.34. The van der Waals surface area contributed by atoms with Crippen molar-refractivity contribution >= 4 is 16.3 Å². The van der Waals surface area contributed by atoms with Gasteiger partial charge >= 0.3 is 0 Å². The third-order valence-electron chi connectivity index (χ3n) is 3.41. The Kier molecular flexibility index (Phi) is 3.27. The summed E-state index contributed by atoms with van der Waals surface area (Å²) in [5, 5.41) is 13.9. The Morgan fingerprint density at radius 2 is 2.33 bits per heavy atom. The minimum absolute atomic E-state index is 0.316. The smallest absolute Gasteiger partial charge is 0.234 e. The Hall–Kier alpha value is -1.05. The number of hydrogen-bond acceptors (Lipinski definition) is 6. The van der Waals surface area contributed by atoms with E-state index in [2.05, 4.69) is 15.3 Å². The van der Waals surface area contributed by atoms with Crippen LogP contribution >= 0.6 is 11.3 Å². The van der Waals surface area contributed by atoms with Gasteiger partial charge < -0.3 is 10.5 Å². The third-order valence-corrected chi connectivity index (χ3v) is 4.47. The van der Waals surface area contributed by atoms with Gasteiger partial charge in [-0.05, 0) is 19.3 Å². The monoisotopic (exact) mass is 267 g/mol. The predicted molar refractivity (Wildman–Crippen MR) is 68.6 cm³/mol. The van der Waals surface area contributed by atoms with E-state index in [0.29, 0.717) is 18.6 Å². The molecule has 2 unspecified atom stereocenters. The Bertz CT molecular complexity index is 537. The zero-order valence-electron chi connectivity index (χ0n) is 10.4. The number of nitrogens with zero attached hydrogens (tertiary/aromatic N) is 4. The lowest BCUT2D eigenvalue weighted by molar-refractivity contribution is 0.176. The lowest BCUT2D eigenvalue weighted by atomic mass is 9.87. The molecule has 1 aliphatic rings. The van der Waals surface area contributed by atoms with Crippen LogP contribution in [0.25, 0.3) is 4.96 Å². The fraction of sp³-hybridized carbons (Fsp3) is 0.727. The summed E-state index contributed by atoms with van der Waals surface area (Å²) in [5.74, 6) is 1.24. The van der Waals surface area contributed by atoms with E-state index in [4.69, 9.17) is 10.5 Å².